The van der Waals surface area contributed by atoms with Gasteiger partial charge < -0.3 is 19.8 Å². The van der Waals surface area contributed by atoms with Crippen molar-refractivity contribution in [3.8, 4) is 5.75 Å². The van der Waals surface area contributed by atoms with Crippen LogP contribution in [0.4, 0.5) is 4.39 Å². The largest absolute Gasteiger partial charge is 0.494 e. The minimum Gasteiger partial charge on any atom is -0.494 e. The van der Waals surface area contributed by atoms with Crippen LogP contribution in [0.5, 0.6) is 5.75 Å². The second kappa shape index (κ2) is 11.7. The van der Waals surface area contributed by atoms with Gasteiger partial charge >= 0.3 is 11.9 Å². The number of nitrogens with zero attached hydrogens (tertiary/aromatic N) is 2. The number of hydrogen-bond donors (Lipinski definition) is 2. The summed E-state index contributed by atoms with van der Waals surface area (Å²) < 4.78 is 19.2. The number of ether oxygens (including phenoxy) is 1. The maximum absolute atomic E-state index is 13.8. The SMILES string of the molecule is CCOc1ccc(CN2CCN(C(=O)c3ccccc3F)CC2)cc1.O=C(O)C(=O)O. The quantitative estimate of drug-likeness (QED) is 0.699. The van der Waals surface area contributed by atoms with Crippen molar-refractivity contribution < 1.29 is 33.7 Å². The van der Waals surface area contributed by atoms with Gasteiger partial charge in [0.1, 0.15) is 11.6 Å². The molecule has 1 fully saturated rings. The molecule has 8 nitrogen and oxygen atoms in total. The molecule has 0 aromatic heterocycles. The van der Waals surface area contributed by atoms with Crippen molar-refractivity contribution in [1.29, 1.82) is 0 Å². The maximum atomic E-state index is 13.8. The Balaban J connectivity index is 0.000000501. The van der Waals surface area contributed by atoms with Gasteiger partial charge in [0.25, 0.3) is 5.91 Å². The number of amides is 1. The van der Waals surface area contributed by atoms with Gasteiger partial charge in [-0.05, 0) is 36.8 Å². The summed E-state index contributed by atoms with van der Waals surface area (Å²) in [4.78, 5) is 34.7. The van der Waals surface area contributed by atoms with Crippen LogP contribution < -0.4 is 4.74 Å². The first-order valence-corrected chi connectivity index (χ1v) is 9.76. The fourth-order valence-electron chi connectivity index (χ4n) is 3.03. The molecule has 2 N–H and O–H groups in total. The van der Waals surface area contributed by atoms with E-state index in [0.29, 0.717) is 19.7 Å². The highest BCUT2D eigenvalue weighted by Crippen LogP contribution is 2.16. The van der Waals surface area contributed by atoms with Gasteiger partial charge in [0.2, 0.25) is 0 Å². The Bertz CT molecular complexity index is 883. The third kappa shape index (κ3) is 7.38. The highest BCUT2D eigenvalue weighted by atomic mass is 19.1. The summed E-state index contributed by atoms with van der Waals surface area (Å²) in [7, 11) is 0. The van der Waals surface area contributed by atoms with E-state index in [9.17, 15) is 9.18 Å². The predicted octanol–water partition coefficient (Wildman–Crippen LogP) is 2.34. The van der Waals surface area contributed by atoms with E-state index in [0.717, 1.165) is 25.4 Å². The van der Waals surface area contributed by atoms with Gasteiger partial charge in [0.05, 0.1) is 12.2 Å². The van der Waals surface area contributed by atoms with Crippen molar-refractivity contribution in [2.45, 2.75) is 13.5 Å². The zero-order valence-electron chi connectivity index (χ0n) is 17.2. The number of hydrogen-bond acceptors (Lipinski definition) is 5. The smallest absolute Gasteiger partial charge is 0.414 e. The summed E-state index contributed by atoms with van der Waals surface area (Å²) in [5.41, 5.74) is 1.37. The van der Waals surface area contributed by atoms with E-state index in [1.807, 2.05) is 19.1 Å². The van der Waals surface area contributed by atoms with Crippen molar-refractivity contribution in [2.75, 3.05) is 32.8 Å². The van der Waals surface area contributed by atoms with Crippen molar-refractivity contribution in [2.24, 2.45) is 0 Å². The molecular weight excluding hydrogens is 407 g/mol. The number of piperazine rings is 1. The molecule has 166 valence electrons. The molecule has 2 aromatic rings. The van der Waals surface area contributed by atoms with Gasteiger partial charge in [-0.25, -0.2) is 14.0 Å². The van der Waals surface area contributed by atoms with Crippen molar-refractivity contribution >= 4 is 17.8 Å². The first-order chi connectivity index (χ1) is 14.8. The fraction of sp³-hybridized carbons (Fsp3) is 0.318. The lowest BCUT2D eigenvalue weighted by molar-refractivity contribution is -0.159. The van der Waals surface area contributed by atoms with Gasteiger partial charge in [0, 0.05) is 32.7 Å². The number of carbonyl (C=O) groups excluding carboxylic acids is 1. The summed E-state index contributed by atoms with van der Waals surface area (Å²) in [6.45, 7) is 6.27. The van der Waals surface area contributed by atoms with Gasteiger partial charge in [0.15, 0.2) is 0 Å². The standard InChI is InChI=1S/C20H23FN2O2.C2H2O4/c1-2-25-17-9-7-16(8-10-17)15-22-11-13-23(14-12-22)20(24)18-5-3-4-6-19(18)21;3-1(4)2(5)6/h3-10H,2,11-15H2,1H3;(H,3,4)(H,5,6). The normalized spacial score (nSPS) is 13.7. The van der Waals surface area contributed by atoms with Crippen LogP contribution in [0.2, 0.25) is 0 Å². The molecule has 0 radical (unpaired) electrons. The Kier molecular flexibility index (Phi) is 8.95. The average Bonchev–Trinajstić information content (AvgIpc) is 2.76. The molecule has 9 heteroatoms. The number of halogens is 1. The molecule has 1 heterocycles. The monoisotopic (exact) mass is 432 g/mol. The van der Waals surface area contributed by atoms with Crippen LogP contribution in [-0.2, 0) is 16.1 Å². The Morgan fingerprint density at radius 3 is 2.03 bits per heavy atom. The van der Waals surface area contributed by atoms with Gasteiger partial charge in [-0.15, -0.1) is 0 Å². The first kappa shape index (κ1) is 23.8. The summed E-state index contributed by atoms with van der Waals surface area (Å²) in [5, 5.41) is 14.8. The number of carboxylic acids is 2. The first-order valence-electron chi connectivity index (χ1n) is 9.76. The molecule has 0 unspecified atom stereocenters. The second-order valence-electron chi connectivity index (χ2n) is 6.74. The van der Waals surface area contributed by atoms with Crippen LogP contribution in [0.25, 0.3) is 0 Å². The molecule has 1 aliphatic rings. The van der Waals surface area contributed by atoms with E-state index in [1.54, 1.807) is 23.1 Å². The third-order valence-corrected chi connectivity index (χ3v) is 4.59. The topological polar surface area (TPSA) is 107 Å². The number of carboxylic acid groups (broad SMARTS) is 2. The molecule has 1 saturated heterocycles. The lowest BCUT2D eigenvalue weighted by atomic mass is 10.1. The van der Waals surface area contributed by atoms with E-state index < -0.39 is 17.8 Å². The average molecular weight is 432 g/mol. The Morgan fingerprint density at radius 1 is 0.935 bits per heavy atom. The van der Waals surface area contributed by atoms with Crippen LogP contribution in [0, 0.1) is 5.82 Å². The molecule has 0 saturated carbocycles. The molecule has 0 spiro atoms. The van der Waals surface area contributed by atoms with Crippen LogP contribution >= 0.6 is 0 Å². The van der Waals surface area contributed by atoms with E-state index in [4.69, 9.17) is 24.5 Å². The van der Waals surface area contributed by atoms with Gasteiger partial charge in [-0.3, -0.25) is 9.69 Å². The minimum absolute atomic E-state index is 0.155. The molecule has 1 amide bonds. The summed E-state index contributed by atoms with van der Waals surface area (Å²) in [6.07, 6.45) is 0. The Morgan fingerprint density at radius 2 is 1.52 bits per heavy atom. The summed E-state index contributed by atoms with van der Waals surface area (Å²) >= 11 is 0. The molecule has 1 aliphatic heterocycles. The molecule has 0 atom stereocenters. The van der Waals surface area contributed by atoms with E-state index in [-0.39, 0.29) is 11.5 Å². The number of rotatable bonds is 5. The molecule has 2 aromatic carbocycles. The van der Waals surface area contributed by atoms with Gasteiger partial charge in [-0.2, -0.15) is 0 Å². The Labute approximate surface area is 179 Å². The highest BCUT2D eigenvalue weighted by Gasteiger charge is 2.23. The summed E-state index contributed by atoms with van der Waals surface area (Å²) in [5.74, 6) is -3.44. The predicted molar refractivity (Wildman–Crippen MR) is 110 cm³/mol. The lowest BCUT2D eigenvalue weighted by Gasteiger charge is -2.34. The zero-order valence-corrected chi connectivity index (χ0v) is 17.2. The molecule has 0 aliphatic carbocycles. The highest BCUT2D eigenvalue weighted by molar-refractivity contribution is 6.27. The van der Waals surface area contributed by atoms with Crippen molar-refractivity contribution in [1.82, 2.24) is 9.80 Å². The van der Waals surface area contributed by atoms with Crippen LogP contribution in [0.3, 0.4) is 0 Å². The summed E-state index contributed by atoms with van der Waals surface area (Å²) in [6, 6.07) is 14.3. The molecule has 31 heavy (non-hydrogen) atoms. The van der Waals surface area contributed by atoms with Crippen molar-refractivity contribution in [3.05, 3.63) is 65.5 Å². The third-order valence-electron chi connectivity index (χ3n) is 4.59. The molecule has 3 rings (SSSR count). The minimum atomic E-state index is -1.82. The number of aliphatic carboxylic acids is 2. The maximum Gasteiger partial charge on any atom is 0.414 e. The molecular formula is C22H25FN2O6. The van der Waals surface area contributed by atoms with Crippen LogP contribution in [-0.4, -0.2) is 70.6 Å². The zero-order chi connectivity index (χ0) is 22.8. The van der Waals surface area contributed by atoms with Crippen LogP contribution in [0.15, 0.2) is 48.5 Å². The second-order valence-corrected chi connectivity index (χ2v) is 6.74. The van der Waals surface area contributed by atoms with E-state index in [2.05, 4.69) is 17.0 Å². The van der Waals surface area contributed by atoms with E-state index >= 15 is 0 Å². The van der Waals surface area contributed by atoms with E-state index in [1.165, 1.54) is 11.6 Å². The number of carbonyl (C=O) groups is 3. The molecule has 0 bridgehead atoms. The lowest BCUT2D eigenvalue weighted by Crippen LogP contribution is -2.48. The Hall–Kier alpha value is -3.46. The fourth-order valence-corrected chi connectivity index (χ4v) is 3.03. The van der Waals surface area contributed by atoms with Crippen molar-refractivity contribution in [3.63, 3.8) is 0 Å². The number of benzene rings is 2. The van der Waals surface area contributed by atoms with Gasteiger partial charge in [-0.1, -0.05) is 24.3 Å². The van der Waals surface area contributed by atoms with Crippen LogP contribution in [0.1, 0.15) is 22.8 Å².